The fraction of sp³-hybridized carbons (Fsp3) is 0.500. The van der Waals surface area contributed by atoms with Gasteiger partial charge < -0.3 is 15.3 Å². The molecule has 0 bridgehead atoms. The zero-order valence-corrected chi connectivity index (χ0v) is 13.3. The Kier molecular flexibility index (Phi) is 6.30. The van der Waals surface area contributed by atoms with Crippen molar-refractivity contribution in [2.75, 3.05) is 6.54 Å². The first kappa shape index (κ1) is 16.0. The second-order valence-electron chi connectivity index (χ2n) is 4.10. The number of halogens is 1. The van der Waals surface area contributed by atoms with Gasteiger partial charge in [-0.2, -0.15) is 0 Å². The number of carbonyl (C=O) groups excluding carboxylic acids is 1. The molecule has 1 unspecified atom stereocenters. The van der Waals surface area contributed by atoms with Crippen molar-refractivity contribution in [2.24, 2.45) is 0 Å². The third-order valence-corrected chi connectivity index (χ3v) is 4.27. The Morgan fingerprint density at radius 2 is 2.21 bits per heavy atom. The molecule has 7 heteroatoms. The molecule has 0 spiro atoms. The van der Waals surface area contributed by atoms with Crippen LogP contribution in [0.15, 0.2) is 15.9 Å². The Hall–Kier alpha value is -1.08. The first-order valence-electron chi connectivity index (χ1n) is 5.94. The maximum Gasteiger partial charge on any atom is 0.317 e. The summed E-state index contributed by atoms with van der Waals surface area (Å²) in [4.78, 5) is 25.2. The van der Waals surface area contributed by atoms with Crippen LogP contribution in [0.25, 0.3) is 0 Å². The highest BCUT2D eigenvalue weighted by atomic mass is 79.9. The number of carbonyl (C=O) groups is 2. The molecule has 1 aromatic heterocycles. The number of hydrogen-bond acceptors (Lipinski definition) is 3. The molecular weight excluding hydrogens is 332 g/mol. The molecule has 19 heavy (non-hydrogen) atoms. The minimum Gasteiger partial charge on any atom is -0.481 e. The predicted octanol–water partition coefficient (Wildman–Crippen LogP) is 2.91. The number of nitrogens with zero attached hydrogens (tertiary/aromatic N) is 1. The average Bonchev–Trinajstić information content (AvgIpc) is 2.72. The van der Waals surface area contributed by atoms with Gasteiger partial charge >= 0.3 is 12.0 Å². The summed E-state index contributed by atoms with van der Waals surface area (Å²) in [5.74, 6) is -0.902. The quantitative estimate of drug-likeness (QED) is 0.830. The fourth-order valence-electron chi connectivity index (χ4n) is 1.73. The molecule has 0 aliphatic carbocycles. The molecule has 0 aliphatic heterocycles. The van der Waals surface area contributed by atoms with Crippen LogP contribution in [0.3, 0.4) is 0 Å². The van der Waals surface area contributed by atoms with Crippen LogP contribution in [0.1, 0.15) is 25.1 Å². The van der Waals surface area contributed by atoms with Gasteiger partial charge in [0.25, 0.3) is 0 Å². The molecule has 0 radical (unpaired) electrons. The molecule has 1 heterocycles. The van der Waals surface area contributed by atoms with Gasteiger partial charge in [-0.25, -0.2) is 4.79 Å². The van der Waals surface area contributed by atoms with Crippen molar-refractivity contribution in [1.29, 1.82) is 0 Å². The molecule has 0 aliphatic rings. The number of carboxylic acid groups (broad SMARTS) is 1. The molecule has 2 amide bonds. The molecule has 1 aromatic rings. The van der Waals surface area contributed by atoms with Crippen LogP contribution < -0.4 is 5.32 Å². The Morgan fingerprint density at radius 1 is 1.53 bits per heavy atom. The van der Waals surface area contributed by atoms with Gasteiger partial charge in [0, 0.05) is 17.5 Å². The maximum atomic E-state index is 12.0. The van der Waals surface area contributed by atoms with E-state index >= 15 is 0 Å². The standard InChI is InChI=1S/C12H17BrN2O3S/c1-3-15(8(2)6-11(16)17)12(18)14-7-9-4-5-10(13)19-9/h4-5,8H,3,6-7H2,1-2H3,(H,14,18)(H,16,17). The van der Waals surface area contributed by atoms with E-state index < -0.39 is 5.97 Å². The van der Waals surface area contributed by atoms with E-state index in [1.807, 2.05) is 19.1 Å². The van der Waals surface area contributed by atoms with Gasteiger partial charge in [0.15, 0.2) is 0 Å². The van der Waals surface area contributed by atoms with E-state index in [4.69, 9.17) is 5.11 Å². The van der Waals surface area contributed by atoms with Crippen molar-refractivity contribution in [1.82, 2.24) is 10.2 Å². The highest BCUT2D eigenvalue weighted by Gasteiger charge is 2.20. The molecule has 0 aromatic carbocycles. The Labute approximate surface area is 124 Å². The molecule has 0 fully saturated rings. The largest absolute Gasteiger partial charge is 0.481 e. The minimum atomic E-state index is -0.902. The first-order chi connectivity index (χ1) is 8.93. The van der Waals surface area contributed by atoms with Crippen LogP contribution in [0, 0.1) is 0 Å². The lowest BCUT2D eigenvalue weighted by Gasteiger charge is -2.27. The Bertz CT molecular complexity index is 450. The van der Waals surface area contributed by atoms with Gasteiger partial charge in [0.2, 0.25) is 0 Å². The van der Waals surface area contributed by atoms with E-state index in [1.54, 1.807) is 18.3 Å². The summed E-state index contributed by atoms with van der Waals surface area (Å²) in [5.41, 5.74) is 0. The number of rotatable bonds is 6. The van der Waals surface area contributed by atoms with Crippen molar-refractivity contribution >= 4 is 39.3 Å². The maximum absolute atomic E-state index is 12.0. The van der Waals surface area contributed by atoms with Crippen LogP contribution in [0.4, 0.5) is 4.79 Å². The van der Waals surface area contributed by atoms with E-state index in [-0.39, 0.29) is 18.5 Å². The predicted molar refractivity (Wildman–Crippen MR) is 78.3 cm³/mol. The number of aliphatic carboxylic acids is 1. The van der Waals surface area contributed by atoms with Crippen LogP contribution in [-0.2, 0) is 11.3 Å². The second kappa shape index (κ2) is 7.49. The van der Waals surface area contributed by atoms with Crippen molar-refractivity contribution in [3.8, 4) is 0 Å². The van der Waals surface area contributed by atoms with Gasteiger partial charge in [0.1, 0.15) is 0 Å². The smallest absolute Gasteiger partial charge is 0.317 e. The van der Waals surface area contributed by atoms with Crippen molar-refractivity contribution < 1.29 is 14.7 Å². The van der Waals surface area contributed by atoms with Gasteiger partial charge in [-0.15, -0.1) is 11.3 Å². The molecule has 1 rings (SSSR count). The molecule has 0 saturated carbocycles. The van der Waals surface area contributed by atoms with E-state index in [9.17, 15) is 9.59 Å². The number of nitrogens with one attached hydrogen (secondary N) is 1. The highest BCUT2D eigenvalue weighted by Crippen LogP contribution is 2.21. The Balaban J connectivity index is 2.51. The monoisotopic (exact) mass is 348 g/mol. The minimum absolute atomic E-state index is 0.0498. The second-order valence-corrected chi connectivity index (χ2v) is 6.64. The summed E-state index contributed by atoms with van der Waals surface area (Å²) in [7, 11) is 0. The van der Waals surface area contributed by atoms with Crippen molar-refractivity contribution in [3.63, 3.8) is 0 Å². The summed E-state index contributed by atoms with van der Waals surface area (Å²) in [6.07, 6.45) is -0.0498. The SMILES string of the molecule is CCN(C(=O)NCc1ccc(Br)s1)C(C)CC(=O)O. The topological polar surface area (TPSA) is 69.6 Å². The lowest BCUT2D eigenvalue weighted by Crippen LogP contribution is -2.45. The molecular formula is C12H17BrN2O3S. The van der Waals surface area contributed by atoms with E-state index in [2.05, 4.69) is 21.2 Å². The molecule has 5 nitrogen and oxygen atoms in total. The van der Waals surface area contributed by atoms with Crippen LogP contribution in [0.5, 0.6) is 0 Å². The zero-order chi connectivity index (χ0) is 14.4. The van der Waals surface area contributed by atoms with E-state index in [1.165, 1.54) is 4.90 Å². The summed E-state index contributed by atoms with van der Waals surface area (Å²) in [6.45, 7) is 4.50. The lowest BCUT2D eigenvalue weighted by molar-refractivity contribution is -0.138. The van der Waals surface area contributed by atoms with Crippen molar-refractivity contribution in [3.05, 3.63) is 20.8 Å². The third-order valence-electron chi connectivity index (χ3n) is 2.65. The fourth-order valence-corrected chi connectivity index (χ4v) is 3.15. The molecule has 1 atom stereocenters. The summed E-state index contributed by atoms with van der Waals surface area (Å²) in [6, 6.07) is 3.31. The summed E-state index contributed by atoms with van der Waals surface area (Å²) >= 11 is 4.92. The van der Waals surface area contributed by atoms with Crippen LogP contribution in [-0.4, -0.2) is 34.6 Å². The average molecular weight is 349 g/mol. The number of urea groups is 1. The third kappa shape index (κ3) is 5.20. The normalized spacial score (nSPS) is 11.9. The zero-order valence-electron chi connectivity index (χ0n) is 10.9. The summed E-state index contributed by atoms with van der Waals surface area (Å²) in [5, 5.41) is 11.6. The number of hydrogen-bond donors (Lipinski definition) is 2. The lowest BCUT2D eigenvalue weighted by atomic mass is 10.2. The van der Waals surface area contributed by atoms with E-state index in [0.29, 0.717) is 13.1 Å². The molecule has 2 N–H and O–H groups in total. The highest BCUT2D eigenvalue weighted by molar-refractivity contribution is 9.11. The summed E-state index contributed by atoms with van der Waals surface area (Å²) < 4.78 is 1.02. The van der Waals surface area contributed by atoms with Gasteiger partial charge in [-0.3, -0.25) is 4.79 Å². The van der Waals surface area contributed by atoms with Crippen molar-refractivity contribution in [2.45, 2.75) is 32.9 Å². The van der Waals surface area contributed by atoms with Crippen LogP contribution in [0.2, 0.25) is 0 Å². The number of amides is 2. The molecule has 106 valence electrons. The van der Waals surface area contributed by atoms with Gasteiger partial charge in [-0.05, 0) is 41.9 Å². The molecule has 0 saturated heterocycles. The number of carboxylic acids is 1. The Morgan fingerprint density at radius 3 is 2.68 bits per heavy atom. The number of thiophene rings is 1. The van der Waals surface area contributed by atoms with Crippen LogP contribution >= 0.6 is 27.3 Å². The first-order valence-corrected chi connectivity index (χ1v) is 7.55. The van der Waals surface area contributed by atoms with Gasteiger partial charge in [-0.1, -0.05) is 0 Å². The van der Waals surface area contributed by atoms with Gasteiger partial charge in [0.05, 0.1) is 16.8 Å². The van der Waals surface area contributed by atoms with E-state index in [0.717, 1.165) is 8.66 Å².